The first-order valence-electron chi connectivity index (χ1n) is 6.06. The van der Waals surface area contributed by atoms with Crippen LogP contribution in [0.3, 0.4) is 0 Å². The Morgan fingerprint density at radius 1 is 1.35 bits per heavy atom. The Labute approximate surface area is 124 Å². The number of hydrogen-bond acceptors (Lipinski definition) is 4. The highest BCUT2D eigenvalue weighted by atomic mass is 32.2. The number of benzene rings is 1. The average Bonchev–Trinajstić information content (AvgIpc) is 3.10. The fraction of sp³-hybridized carbons (Fsp3) is 0.0714. The number of carbonyl (C=O) groups excluding carboxylic acids is 1. The second-order valence-electron chi connectivity index (χ2n) is 4.26. The van der Waals surface area contributed by atoms with Crippen LogP contribution >= 0.6 is 23.1 Å². The third-order valence-corrected chi connectivity index (χ3v) is 4.91. The van der Waals surface area contributed by atoms with E-state index < -0.39 is 0 Å². The van der Waals surface area contributed by atoms with Crippen LogP contribution in [-0.2, 0) is 5.75 Å². The fourth-order valence-electron chi connectivity index (χ4n) is 1.99. The van der Waals surface area contributed by atoms with Crippen molar-refractivity contribution in [1.82, 2.24) is 10.4 Å². The van der Waals surface area contributed by atoms with Crippen LogP contribution in [0.5, 0.6) is 0 Å². The van der Waals surface area contributed by atoms with Crippen LogP contribution in [0.15, 0.2) is 46.8 Å². The number of H-pyrrole nitrogens is 1. The lowest BCUT2D eigenvalue weighted by Gasteiger charge is -2.01. The van der Waals surface area contributed by atoms with Gasteiger partial charge in [-0.2, -0.15) is 0 Å². The van der Waals surface area contributed by atoms with Gasteiger partial charge in [-0.25, -0.2) is 5.84 Å². The van der Waals surface area contributed by atoms with E-state index in [2.05, 4.69) is 28.6 Å². The van der Waals surface area contributed by atoms with Crippen molar-refractivity contribution in [3.63, 3.8) is 0 Å². The summed E-state index contributed by atoms with van der Waals surface area (Å²) in [5.74, 6) is 5.69. The molecule has 2 aromatic heterocycles. The van der Waals surface area contributed by atoms with E-state index in [1.165, 1.54) is 16.7 Å². The van der Waals surface area contributed by atoms with Crippen molar-refractivity contribution < 1.29 is 4.79 Å². The van der Waals surface area contributed by atoms with Crippen molar-refractivity contribution in [2.24, 2.45) is 5.84 Å². The Bertz CT molecular complexity index is 715. The van der Waals surface area contributed by atoms with Crippen molar-refractivity contribution in [2.45, 2.75) is 10.8 Å². The van der Waals surface area contributed by atoms with E-state index in [9.17, 15) is 4.79 Å². The number of thiophene rings is 1. The summed E-state index contributed by atoms with van der Waals surface area (Å²) >= 11 is 3.08. The van der Waals surface area contributed by atoms with Crippen LogP contribution in [0.4, 0.5) is 0 Å². The molecular formula is C14H13N3OS2. The minimum Gasteiger partial charge on any atom is -0.350 e. The normalized spacial score (nSPS) is 10.8. The molecular weight excluding hydrogens is 290 g/mol. The van der Waals surface area contributed by atoms with Gasteiger partial charge in [0.1, 0.15) is 0 Å². The lowest BCUT2D eigenvalue weighted by Crippen LogP contribution is -2.29. The molecule has 0 atom stereocenters. The number of thioether (sulfide) groups is 1. The van der Waals surface area contributed by atoms with Crippen molar-refractivity contribution in [3.8, 4) is 0 Å². The number of rotatable bonds is 4. The second-order valence-corrected chi connectivity index (χ2v) is 6.19. The maximum absolute atomic E-state index is 11.6. The van der Waals surface area contributed by atoms with E-state index in [0.717, 1.165) is 21.9 Å². The molecule has 0 bridgehead atoms. The molecule has 0 saturated heterocycles. The highest BCUT2D eigenvalue weighted by molar-refractivity contribution is 7.98. The fourth-order valence-corrected chi connectivity index (χ4v) is 3.86. The van der Waals surface area contributed by atoms with E-state index in [0.29, 0.717) is 4.88 Å². The highest BCUT2D eigenvalue weighted by Crippen LogP contribution is 2.28. The smallest absolute Gasteiger partial charge is 0.275 e. The molecule has 0 aliphatic carbocycles. The molecule has 0 aliphatic rings. The lowest BCUT2D eigenvalue weighted by atomic mass is 10.3. The summed E-state index contributed by atoms with van der Waals surface area (Å²) in [5, 5.41) is 4.20. The number of para-hydroxylation sites is 1. The third kappa shape index (κ3) is 2.58. The quantitative estimate of drug-likeness (QED) is 0.300. The Kier molecular flexibility index (Phi) is 3.77. The summed E-state index contributed by atoms with van der Waals surface area (Å²) in [6.07, 6.45) is 0. The van der Waals surface area contributed by atoms with Crippen molar-refractivity contribution in [1.29, 1.82) is 0 Å². The topological polar surface area (TPSA) is 70.9 Å². The third-order valence-electron chi connectivity index (χ3n) is 2.97. The van der Waals surface area contributed by atoms with Crippen LogP contribution in [0, 0.1) is 0 Å². The van der Waals surface area contributed by atoms with Gasteiger partial charge in [0, 0.05) is 16.7 Å². The highest BCUT2D eigenvalue weighted by Gasteiger charge is 2.12. The second kappa shape index (κ2) is 5.70. The predicted molar refractivity (Wildman–Crippen MR) is 83.8 cm³/mol. The number of nitrogens with two attached hydrogens (primary N) is 1. The zero-order valence-corrected chi connectivity index (χ0v) is 12.2. The van der Waals surface area contributed by atoms with Gasteiger partial charge < -0.3 is 4.98 Å². The number of hydrazine groups is 1. The molecule has 102 valence electrons. The molecule has 0 radical (unpaired) electrons. The molecule has 0 fully saturated rings. The van der Waals surface area contributed by atoms with E-state index >= 15 is 0 Å². The van der Waals surface area contributed by atoms with Crippen LogP contribution < -0.4 is 11.3 Å². The molecule has 2 heterocycles. The average molecular weight is 303 g/mol. The summed E-state index contributed by atoms with van der Waals surface area (Å²) in [7, 11) is 0. The maximum Gasteiger partial charge on any atom is 0.275 e. The summed E-state index contributed by atoms with van der Waals surface area (Å²) in [4.78, 5) is 15.6. The van der Waals surface area contributed by atoms with E-state index in [1.807, 2.05) is 23.6 Å². The molecule has 4 nitrogen and oxygen atoms in total. The van der Waals surface area contributed by atoms with Gasteiger partial charge in [-0.05, 0) is 29.1 Å². The monoisotopic (exact) mass is 303 g/mol. The Morgan fingerprint density at radius 2 is 2.20 bits per heavy atom. The van der Waals surface area contributed by atoms with Gasteiger partial charge >= 0.3 is 0 Å². The molecule has 0 saturated carbocycles. The van der Waals surface area contributed by atoms with Crippen LogP contribution in [-0.4, -0.2) is 10.9 Å². The van der Waals surface area contributed by atoms with Gasteiger partial charge in [-0.3, -0.25) is 10.2 Å². The van der Waals surface area contributed by atoms with Crippen molar-refractivity contribution in [2.75, 3.05) is 0 Å². The number of aromatic amines is 1. The van der Waals surface area contributed by atoms with Gasteiger partial charge in [0.25, 0.3) is 5.91 Å². The molecule has 20 heavy (non-hydrogen) atoms. The number of nitrogen functional groups attached to an aromatic ring is 1. The first-order chi connectivity index (χ1) is 9.78. The molecule has 0 spiro atoms. The predicted octanol–water partition coefficient (Wildman–Crippen LogP) is 3.13. The lowest BCUT2D eigenvalue weighted by molar-refractivity contribution is 0.0957. The molecule has 4 N–H and O–H groups in total. The number of hydrogen-bond donors (Lipinski definition) is 3. The largest absolute Gasteiger partial charge is 0.350 e. The molecule has 1 aromatic carbocycles. The Hall–Kier alpha value is -1.76. The van der Waals surface area contributed by atoms with Gasteiger partial charge in [-0.1, -0.05) is 18.2 Å². The van der Waals surface area contributed by atoms with Gasteiger partial charge in [0.2, 0.25) is 0 Å². The minimum atomic E-state index is -0.229. The van der Waals surface area contributed by atoms with Gasteiger partial charge in [-0.15, -0.1) is 23.1 Å². The van der Waals surface area contributed by atoms with E-state index in [4.69, 9.17) is 5.84 Å². The van der Waals surface area contributed by atoms with Gasteiger partial charge in [0.05, 0.1) is 9.90 Å². The van der Waals surface area contributed by atoms with Crippen LogP contribution in [0.2, 0.25) is 0 Å². The zero-order valence-electron chi connectivity index (χ0n) is 10.6. The first-order valence-corrected chi connectivity index (χ1v) is 7.92. The SMILES string of the molecule is NNC(=O)c1sccc1CSc1cc2ccccc2[nH]1. The zero-order chi connectivity index (χ0) is 13.9. The summed E-state index contributed by atoms with van der Waals surface area (Å²) in [6, 6.07) is 12.2. The molecule has 6 heteroatoms. The Balaban J connectivity index is 1.76. The maximum atomic E-state index is 11.6. The standard InChI is InChI=1S/C14H13N3OS2/c15-17-14(18)13-10(5-6-19-13)8-20-12-7-9-3-1-2-4-11(9)16-12/h1-7,16H,8,15H2,(H,17,18). The van der Waals surface area contributed by atoms with Crippen molar-refractivity contribution >= 4 is 39.9 Å². The van der Waals surface area contributed by atoms with Crippen LogP contribution in [0.1, 0.15) is 15.2 Å². The van der Waals surface area contributed by atoms with E-state index in [1.54, 1.807) is 11.8 Å². The molecule has 1 amide bonds. The van der Waals surface area contributed by atoms with Gasteiger partial charge in [0.15, 0.2) is 0 Å². The summed E-state index contributed by atoms with van der Waals surface area (Å²) < 4.78 is 0. The molecule has 3 rings (SSSR count). The number of amides is 1. The first kappa shape index (κ1) is 13.2. The number of nitrogens with one attached hydrogen (secondary N) is 2. The summed E-state index contributed by atoms with van der Waals surface area (Å²) in [5.41, 5.74) is 4.31. The number of fused-ring (bicyclic) bond motifs is 1. The minimum absolute atomic E-state index is 0.229. The van der Waals surface area contributed by atoms with Crippen LogP contribution in [0.25, 0.3) is 10.9 Å². The number of carbonyl (C=O) groups is 1. The Morgan fingerprint density at radius 3 is 3.00 bits per heavy atom. The summed E-state index contributed by atoms with van der Waals surface area (Å²) in [6.45, 7) is 0. The van der Waals surface area contributed by atoms with E-state index in [-0.39, 0.29) is 5.91 Å². The van der Waals surface area contributed by atoms with Crippen molar-refractivity contribution in [3.05, 3.63) is 52.2 Å². The molecule has 3 aromatic rings. The number of aromatic nitrogens is 1. The molecule has 0 unspecified atom stereocenters. The molecule has 0 aliphatic heterocycles.